The zero-order valence-corrected chi connectivity index (χ0v) is 16.0. The van der Waals surface area contributed by atoms with Crippen LogP contribution in [0.5, 0.6) is 0 Å². The van der Waals surface area contributed by atoms with Crippen molar-refractivity contribution in [2.24, 2.45) is 11.8 Å². The number of hydrogen-bond donors (Lipinski definition) is 0. The zero-order chi connectivity index (χ0) is 19.1. The van der Waals surface area contributed by atoms with Crippen LogP contribution in [0.2, 0.25) is 0 Å². The van der Waals surface area contributed by atoms with Crippen LogP contribution in [-0.4, -0.2) is 11.2 Å². The quantitative estimate of drug-likeness (QED) is 0.340. The Labute approximate surface area is 149 Å². The first-order valence-corrected chi connectivity index (χ1v) is 7.90. The molecular formula is C17H20O5W. The normalized spacial score (nSPS) is 17.3. The van der Waals surface area contributed by atoms with E-state index in [4.69, 9.17) is 23.3 Å². The molecule has 2 aliphatic rings. The summed E-state index contributed by atoms with van der Waals surface area (Å²) in [5, 5.41) is 0. The van der Waals surface area contributed by atoms with Gasteiger partial charge in [-0.3, -0.25) is 0 Å². The van der Waals surface area contributed by atoms with Gasteiger partial charge in [0.15, 0.2) is 0 Å². The molecule has 0 heterocycles. The summed E-state index contributed by atoms with van der Waals surface area (Å²) >= 11 is 1.42. The first kappa shape index (κ1) is 29.9. The summed E-state index contributed by atoms with van der Waals surface area (Å²) in [7, 11) is 1.71. The van der Waals surface area contributed by atoms with E-state index in [1.807, 2.05) is 6.08 Å². The molecule has 23 heavy (non-hydrogen) atoms. The Hall–Kier alpha value is -1.04. The summed E-state index contributed by atoms with van der Waals surface area (Å²) < 4.78 is 36.1. The molecule has 0 spiro atoms. The van der Waals surface area contributed by atoms with Crippen molar-refractivity contribution < 1.29 is 42.7 Å². The third kappa shape index (κ3) is 21.0. The molecule has 0 aromatic carbocycles. The van der Waals surface area contributed by atoms with E-state index in [0.29, 0.717) is 0 Å². The van der Waals surface area contributed by atoms with Gasteiger partial charge < -0.3 is 0 Å². The van der Waals surface area contributed by atoms with E-state index in [0.717, 1.165) is 28.8 Å². The van der Waals surface area contributed by atoms with Crippen LogP contribution in [-0.2, 0) is 42.7 Å². The van der Waals surface area contributed by atoms with E-state index >= 15 is 0 Å². The van der Waals surface area contributed by atoms with Crippen molar-refractivity contribution >= 4 is 4.08 Å². The number of methoxy groups -OCH3 is 1. The molecule has 6 heteroatoms. The van der Waals surface area contributed by atoms with Gasteiger partial charge in [0.25, 0.3) is 0 Å². The Morgan fingerprint density at radius 3 is 1.65 bits per heavy atom. The fourth-order valence-electron chi connectivity index (χ4n) is 2.04. The van der Waals surface area contributed by atoms with Crippen LogP contribution in [0.25, 0.3) is 0 Å². The summed E-state index contributed by atoms with van der Waals surface area (Å²) in [5.74, 6) is 1.98. The molecule has 1 saturated carbocycles. The zero-order valence-electron chi connectivity index (χ0n) is 13.1. The molecule has 0 N–H and O–H groups in total. The molecule has 124 valence electrons. The van der Waals surface area contributed by atoms with E-state index in [1.54, 1.807) is 7.11 Å². The summed E-state index contributed by atoms with van der Waals surface area (Å²) in [5.41, 5.74) is 0. The van der Waals surface area contributed by atoms with Crippen LogP contribution in [0.3, 0.4) is 0 Å². The van der Waals surface area contributed by atoms with Gasteiger partial charge in [0.2, 0.25) is 0 Å². The molecule has 0 aliphatic heterocycles. The van der Waals surface area contributed by atoms with Crippen LogP contribution >= 0.6 is 0 Å². The number of hydrogen-bond acceptors (Lipinski definition) is 1. The van der Waals surface area contributed by atoms with Crippen LogP contribution in [0.1, 0.15) is 32.1 Å². The predicted molar refractivity (Wildman–Crippen MR) is 77.1 cm³/mol. The van der Waals surface area contributed by atoms with Gasteiger partial charge in [-0.1, -0.05) is 12.2 Å². The first-order chi connectivity index (χ1) is 11.3. The molecule has 0 aromatic rings. The fourth-order valence-corrected chi connectivity index (χ4v) is 2.46. The fraction of sp³-hybridized carbons (Fsp3) is 0.471. The molecule has 0 aromatic heterocycles. The van der Waals surface area contributed by atoms with Gasteiger partial charge in [-0.25, -0.2) is 0 Å². The standard InChI is InChI=1S/C7H10.C6H10O.4CO.W/c1-2-7-4-3-6(1)5-7;1-3-4-5-6-7-2;4*1-2;/h1-2,6-7H,3-5H2;3H,1,4-5H2,2H3;;;;;. The number of ether oxygens (including phenoxy) is 1. The van der Waals surface area contributed by atoms with Crippen molar-refractivity contribution in [1.82, 2.24) is 0 Å². The van der Waals surface area contributed by atoms with Gasteiger partial charge in [0.1, 0.15) is 0 Å². The Kier molecular flexibility index (Phi) is 37.7. The predicted octanol–water partition coefficient (Wildman–Crippen LogP) is 3.10. The maximum atomic E-state index is 7.50. The minimum atomic E-state index is 0.991. The van der Waals surface area contributed by atoms with Crippen LogP contribution in [0.15, 0.2) is 24.8 Å². The molecule has 1 fully saturated rings. The number of allylic oxidation sites excluding steroid dienone is 3. The van der Waals surface area contributed by atoms with Gasteiger partial charge in [0.05, 0.1) is 0 Å². The molecule has 5 nitrogen and oxygen atoms in total. The Morgan fingerprint density at radius 1 is 1.09 bits per heavy atom. The number of fused-ring (bicyclic) bond motifs is 2. The van der Waals surface area contributed by atoms with Crippen molar-refractivity contribution in [3.8, 4) is 0 Å². The van der Waals surface area contributed by atoms with Gasteiger partial charge in [-0.2, -0.15) is 0 Å². The summed E-state index contributed by atoms with van der Waals surface area (Å²) in [6, 6.07) is 0. The molecule has 0 radical (unpaired) electrons. The summed E-state index contributed by atoms with van der Waals surface area (Å²) in [6.07, 6.45) is 13.2. The molecule has 2 aliphatic carbocycles. The molecular weight excluding hydrogens is 468 g/mol. The van der Waals surface area contributed by atoms with Crippen molar-refractivity contribution in [1.29, 1.82) is 0 Å². The molecule has 2 atom stereocenters. The van der Waals surface area contributed by atoms with Gasteiger partial charge in [-0.15, -0.1) is 0 Å². The van der Waals surface area contributed by atoms with Gasteiger partial charge in [-0.05, 0) is 31.1 Å². The van der Waals surface area contributed by atoms with E-state index in [2.05, 4.69) is 45.3 Å². The first-order valence-electron chi connectivity index (χ1n) is 6.44. The van der Waals surface area contributed by atoms with E-state index in [9.17, 15) is 0 Å². The Bertz CT molecular complexity index is 357. The topological polar surface area (TPSA) is 88.8 Å². The van der Waals surface area contributed by atoms with Gasteiger partial charge in [0, 0.05) is 0 Å². The molecule has 2 rings (SSSR count). The van der Waals surface area contributed by atoms with Crippen LogP contribution in [0.4, 0.5) is 0 Å². The van der Waals surface area contributed by atoms with Crippen LogP contribution < -0.4 is 0 Å². The Balaban J connectivity index is -0.000000110. The van der Waals surface area contributed by atoms with E-state index < -0.39 is 0 Å². The Morgan fingerprint density at radius 2 is 1.48 bits per heavy atom. The van der Waals surface area contributed by atoms with Crippen molar-refractivity contribution in [2.45, 2.75) is 32.1 Å². The van der Waals surface area contributed by atoms with Crippen LogP contribution in [0, 0.1) is 38.4 Å². The van der Waals surface area contributed by atoms with E-state index in [-0.39, 0.29) is 0 Å². The monoisotopic (exact) mass is 488 g/mol. The van der Waals surface area contributed by atoms with Gasteiger partial charge >= 0.3 is 106 Å². The maximum absolute atomic E-state index is 7.50. The average molecular weight is 488 g/mol. The molecule has 0 saturated heterocycles. The van der Waals surface area contributed by atoms with Crippen molar-refractivity contribution in [2.75, 3.05) is 7.11 Å². The minimum absolute atomic E-state index is 0.991. The second-order valence-electron chi connectivity index (χ2n) is 4.12. The van der Waals surface area contributed by atoms with Crippen molar-refractivity contribution in [3.05, 3.63) is 51.4 Å². The second-order valence-corrected chi connectivity index (χ2v) is 5.76. The summed E-state index contributed by atoms with van der Waals surface area (Å²) in [4.78, 5) is 0. The SMILES string of the molecule is C1=CC2CCC1C2.C=CCC[C](=[W])OC.[C-]#[O+].[C-]#[O+].[C-]#[O+].[C-]#[O+]. The third-order valence-corrected chi connectivity index (χ3v) is 4.28. The summed E-state index contributed by atoms with van der Waals surface area (Å²) in [6.45, 7) is 21.6. The molecule has 2 bridgehead atoms. The van der Waals surface area contributed by atoms with Crippen molar-refractivity contribution in [3.63, 3.8) is 0 Å². The molecule has 2 unspecified atom stereocenters. The number of rotatable bonds is 4. The second kappa shape index (κ2) is 29.0. The third-order valence-electron chi connectivity index (χ3n) is 2.95. The van der Waals surface area contributed by atoms with E-state index in [1.165, 1.54) is 38.6 Å². The molecule has 0 amide bonds. The average Bonchev–Trinajstić information content (AvgIpc) is 3.32.